The Bertz CT molecular complexity index is 626. The summed E-state index contributed by atoms with van der Waals surface area (Å²) in [6.45, 7) is 1.47. The van der Waals surface area contributed by atoms with Gasteiger partial charge in [0.15, 0.2) is 0 Å². The molecule has 0 radical (unpaired) electrons. The zero-order valence-electron chi connectivity index (χ0n) is 11.6. The van der Waals surface area contributed by atoms with Gasteiger partial charge in [-0.2, -0.15) is 4.31 Å². The molecule has 0 amide bonds. The number of benzene rings is 1. The summed E-state index contributed by atoms with van der Waals surface area (Å²) < 4.78 is 27.5. The second-order valence-corrected chi connectivity index (χ2v) is 8.30. The van der Waals surface area contributed by atoms with Gasteiger partial charge in [0, 0.05) is 18.6 Å². The highest BCUT2D eigenvalue weighted by atomic mass is 35.5. The van der Waals surface area contributed by atoms with Gasteiger partial charge in [-0.3, -0.25) is 0 Å². The van der Waals surface area contributed by atoms with Crippen LogP contribution in [-0.2, 0) is 10.0 Å². The maximum Gasteiger partial charge on any atom is 0.244 e. The maximum atomic E-state index is 12.9. The third-order valence-corrected chi connectivity index (χ3v) is 6.91. The predicted molar refractivity (Wildman–Crippen MR) is 84.4 cm³/mol. The fourth-order valence-corrected chi connectivity index (χ4v) is 5.21. The van der Waals surface area contributed by atoms with E-state index in [-0.39, 0.29) is 27.0 Å². The van der Waals surface area contributed by atoms with Gasteiger partial charge in [-0.25, -0.2) is 8.42 Å². The normalized spacial score (nSPS) is 22.9. The van der Waals surface area contributed by atoms with E-state index in [2.05, 4.69) is 5.32 Å². The minimum absolute atomic E-state index is 0.104. The first kappa shape index (κ1) is 15.6. The van der Waals surface area contributed by atoms with Crippen molar-refractivity contribution in [3.8, 4) is 0 Å². The van der Waals surface area contributed by atoms with Crippen LogP contribution in [0.3, 0.4) is 0 Å². The van der Waals surface area contributed by atoms with Crippen LogP contribution in [0.1, 0.15) is 25.7 Å². The number of nitrogens with zero attached hydrogens (tertiary/aromatic N) is 1. The summed E-state index contributed by atoms with van der Waals surface area (Å²) in [5.41, 5.74) is 0. The Labute approximate surface area is 135 Å². The lowest BCUT2D eigenvalue weighted by Gasteiger charge is -2.25. The number of halogens is 2. The van der Waals surface area contributed by atoms with Crippen molar-refractivity contribution in [3.05, 3.63) is 28.2 Å². The van der Waals surface area contributed by atoms with Crippen molar-refractivity contribution in [2.24, 2.45) is 0 Å². The molecule has 1 unspecified atom stereocenters. The Kier molecular flexibility index (Phi) is 4.48. The molecule has 1 aromatic rings. The van der Waals surface area contributed by atoms with E-state index < -0.39 is 10.0 Å². The third-order valence-electron chi connectivity index (χ3n) is 4.02. The Balaban J connectivity index is 1.91. The molecule has 0 bridgehead atoms. The average molecular weight is 349 g/mol. The van der Waals surface area contributed by atoms with Crippen LogP contribution in [0.5, 0.6) is 0 Å². The minimum Gasteiger partial charge on any atom is -0.313 e. The summed E-state index contributed by atoms with van der Waals surface area (Å²) in [6.07, 6.45) is 3.96. The molecule has 1 saturated carbocycles. The van der Waals surface area contributed by atoms with Crippen molar-refractivity contribution >= 4 is 33.2 Å². The van der Waals surface area contributed by atoms with Crippen molar-refractivity contribution in [1.29, 1.82) is 0 Å². The van der Waals surface area contributed by atoms with Crippen molar-refractivity contribution in [3.63, 3.8) is 0 Å². The van der Waals surface area contributed by atoms with Gasteiger partial charge in [0.05, 0.1) is 10.0 Å². The Morgan fingerprint density at radius 2 is 2.00 bits per heavy atom. The molecule has 2 fully saturated rings. The zero-order chi connectivity index (χ0) is 15.0. The van der Waals surface area contributed by atoms with Crippen LogP contribution < -0.4 is 5.32 Å². The van der Waals surface area contributed by atoms with Gasteiger partial charge < -0.3 is 5.32 Å². The zero-order valence-corrected chi connectivity index (χ0v) is 13.9. The second kappa shape index (κ2) is 6.05. The van der Waals surface area contributed by atoms with Gasteiger partial charge in [-0.05, 0) is 44.4 Å². The average Bonchev–Trinajstić information content (AvgIpc) is 3.15. The third kappa shape index (κ3) is 3.22. The number of rotatable bonds is 5. The van der Waals surface area contributed by atoms with Gasteiger partial charge in [-0.15, -0.1) is 0 Å². The van der Waals surface area contributed by atoms with Gasteiger partial charge >= 0.3 is 0 Å². The van der Waals surface area contributed by atoms with E-state index in [1.807, 2.05) is 0 Å². The molecule has 7 heteroatoms. The van der Waals surface area contributed by atoms with E-state index in [0.29, 0.717) is 6.54 Å². The first-order valence-corrected chi connectivity index (χ1v) is 9.39. The number of nitrogens with one attached hydrogen (secondary N) is 1. The van der Waals surface area contributed by atoms with E-state index in [1.54, 1.807) is 16.4 Å². The number of hydrogen-bond donors (Lipinski definition) is 1. The highest BCUT2D eigenvalue weighted by molar-refractivity contribution is 7.89. The predicted octanol–water partition coefficient (Wildman–Crippen LogP) is 2.90. The summed E-state index contributed by atoms with van der Waals surface area (Å²) >= 11 is 12.1. The lowest BCUT2D eigenvalue weighted by molar-refractivity contribution is 0.363. The number of sulfonamides is 1. The van der Waals surface area contributed by atoms with E-state index >= 15 is 0 Å². The monoisotopic (exact) mass is 348 g/mol. The highest BCUT2D eigenvalue weighted by Crippen LogP contribution is 2.36. The lowest BCUT2D eigenvalue weighted by Crippen LogP contribution is -2.42. The maximum absolute atomic E-state index is 12.9. The Morgan fingerprint density at radius 1 is 1.24 bits per heavy atom. The Hall–Kier alpha value is -0.330. The van der Waals surface area contributed by atoms with Crippen LogP contribution in [0, 0.1) is 0 Å². The van der Waals surface area contributed by atoms with E-state index in [1.165, 1.54) is 6.07 Å². The molecule has 4 nitrogen and oxygen atoms in total. The summed E-state index contributed by atoms with van der Waals surface area (Å²) in [5.74, 6) is 0. The topological polar surface area (TPSA) is 49.4 Å². The van der Waals surface area contributed by atoms with Crippen LogP contribution in [0.25, 0.3) is 0 Å². The van der Waals surface area contributed by atoms with Crippen LogP contribution in [0.2, 0.25) is 10.0 Å². The van der Waals surface area contributed by atoms with Crippen molar-refractivity contribution < 1.29 is 8.42 Å². The molecular weight excluding hydrogens is 331 g/mol. The van der Waals surface area contributed by atoms with Crippen LogP contribution in [0.15, 0.2) is 23.1 Å². The first-order chi connectivity index (χ1) is 10.00. The summed E-state index contributed by atoms with van der Waals surface area (Å²) in [5, 5.41) is 3.74. The van der Waals surface area contributed by atoms with Gasteiger partial charge in [0.2, 0.25) is 10.0 Å². The smallest absolute Gasteiger partial charge is 0.244 e. The summed E-state index contributed by atoms with van der Waals surface area (Å²) in [4.78, 5) is 0.113. The molecule has 2 aliphatic rings. The van der Waals surface area contributed by atoms with E-state index in [0.717, 1.165) is 32.2 Å². The molecule has 1 saturated heterocycles. The van der Waals surface area contributed by atoms with Gasteiger partial charge in [0.1, 0.15) is 4.90 Å². The molecule has 1 atom stereocenters. The fourth-order valence-electron chi connectivity index (χ4n) is 2.75. The molecule has 1 heterocycles. The van der Waals surface area contributed by atoms with Crippen LogP contribution >= 0.6 is 23.2 Å². The Morgan fingerprint density at radius 3 is 2.62 bits per heavy atom. The molecule has 1 aromatic carbocycles. The van der Waals surface area contributed by atoms with Crippen molar-refractivity contribution in [2.45, 2.75) is 42.7 Å². The lowest BCUT2D eigenvalue weighted by atomic mass is 10.2. The largest absolute Gasteiger partial charge is 0.313 e. The summed E-state index contributed by atoms with van der Waals surface area (Å²) in [6, 6.07) is 5.09. The molecule has 0 spiro atoms. The summed E-state index contributed by atoms with van der Waals surface area (Å²) in [7, 11) is -3.60. The molecule has 116 valence electrons. The molecule has 1 aliphatic heterocycles. The molecule has 1 N–H and O–H groups in total. The van der Waals surface area contributed by atoms with Crippen LogP contribution in [0.4, 0.5) is 0 Å². The van der Waals surface area contributed by atoms with Gasteiger partial charge in [-0.1, -0.05) is 29.3 Å². The SMILES string of the molecule is O=S(=O)(c1cccc(Cl)c1Cl)N(CC1CCCN1)C1CC1. The quantitative estimate of drug-likeness (QED) is 0.889. The number of hydrogen-bond acceptors (Lipinski definition) is 3. The molecule has 0 aromatic heterocycles. The first-order valence-electron chi connectivity index (χ1n) is 7.19. The molecular formula is C14H18Cl2N2O2S. The standard InChI is InChI=1S/C14H18Cl2N2O2S/c15-12-4-1-5-13(14(12)16)21(19,20)18(11-6-7-11)9-10-3-2-8-17-10/h1,4-5,10-11,17H,2-3,6-9H2. The molecule has 21 heavy (non-hydrogen) atoms. The van der Waals surface area contributed by atoms with Crippen molar-refractivity contribution in [2.75, 3.05) is 13.1 Å². The van der Waals surface area contributed by atoms with Crippen molar-refractivity contribution in [1.82, 2.24) is 9.62 Å². The molecule has 1 aliphatic carbocycles. The van der Waals surface area contributed by atoms with E-state index in [9.17, 15) is 8.42 Å². The minimum atomic E-state index is -3.60. The second-order valence-electron chi connectivity index (χ2n) is 5.65. The van der Waals surface area contributed by atoms with Gasteiger partial charge in [0.25, 0.3) is 0 Å². The van der Waals surface area contributed by atoms with Crippen LogP contribution in [-0.4, -0.2) is 37.9 Å². The highest BCUT2D eigenvalue weighted by Gasteiger charge is 2.40. The fraction of sp³-hybridized carbons (Fsp3) is 0.571. The van der Waals surface area contributed by atoms with E-state index in [4.69, 9.17) is 23.2 Å². The molecule has 3 rings (SSSR count).